The van der Waals surface area contributed by atoms with Crippen molar-refractivity contribution in [3.05, 3.63) is 54.1 Å². The molecule has 1 amide bonds. The number of aromatic nitrogens is 2. The van der Waals surface area contributed by atoms with E-state index in [4.69, 9.17) is 4.74 Å². The molecule has 0 spiro atoms. The lowest BCUT2D eigenvalue weighted by atomic mass is 9.94. The van der Waals surface area contributed by atoms with Crippen molar-refractivity contribution in [2.75, 3.05) is 20.2 Å². The van der Waals surface area contributed by atoms with Crippen LogP contribution in [0.25, 0.3) is 0 Å². The minimum absolute atomic E-state index is 0.0228. The second-order valence-corrected chi connectivity index (χ2v) is 6.46. The van der Waals surface area contributed by atoms with E-state index in [-0.39, 0.29) is 30.4 Å². The van der Waals surface area contributed by atoms with Crippen molar-refractivity contribution >= 4 is 11.7 Å². The highest BCUT2D eigenvalue weighted by Gasteiger charge is 2.25. The summed E-state index contributed by atoms with van der Waals surface area (Å²) >= 11 is 0. The zero-order valence-electron chi connectivity index (χ0n) is 14.9. The average molecular weight is 353 g/mol. The summed E-state index contributed by atoms with van der Waals surface area (Å²) in [7, 11) is 1.59. The molecule has 1 fully saturated rings. The molecule has 2 aromatic rings. The van der Waals surface area contributed by atoms with Crippen LogP contribution >= 0.6 is 0 Å². The maximum atomic E-state index is 12.5. The summed E-state index contributed by atoms with van der Waals surface area (Å²) in [5.74, 6) is 0.964. The fourth-order valence-electron chi connectivity index (χ4n) is 3.29. The van der Waals surface area contributed by atoms with Crippen LogP contribution in [0.15, 0.2) is 42.9 Å². The first-order valence-electron chi connectivity index (χ1n) is 8.88. The van der Waals surface area contributed by atoms with E-state index in [2.05, 4.69) is 9.97 Å². The van der Waals surface area contributed by atoms with Crippen LogP contribution in [0.4, 0.5) is 0 Å². The van der Waals surface area contributed by atoms with Gasteiger partial charge in [0.1, 0.15) is 12.1 Å². The van der Waals surface area contributed by atoms with Gasteiger partial charge in [0.25, 0.3) is 0 Å². The van der Waals surface area contributed by atoms with Crippen molar-refractivity contribution in [1.82, 2.24) is 14.9 Å². The number of ether oxygens (including phenoxy) is 1. The van der Waals surface area contributed by atoms with E-state index >= 15 is 0 Å². The maximum absolute atomic E-state index is 12.5. The van der Waals surface area contributed by atoms with Crippen LogP contribution in [0.5, 0.6) is 5.75 Å². The molecule has 0 bridgehead atoms. The van der Waals surface area contributed by atoms with E-state index in [1.807, 2.05) is 11.0 Å². The predicted octanol–water partition coefficient (Wildman–Crippen LogP) is 2.85. The zero-order valence-corrected chi connectivity index (χ0v) is 14.9. The second kappa shape index (κ2) is 8.56. The van der Waals surface area contributed by atoms with Crippen molar-refractivity contribution < 1.29 is 14.3 Å². The van der Waals surface area contributed by atoms with Gasteiger partial charge in [-0.1, -0.05) is 0 Å². The Hall–Kier alpha value is -2.76. The highest BCUT2D eigenvalue weighted by molar-refractivity contribution is 5.98. The van der Waals surface area contributed by atoms with Crippen molar-refractivity contribution in [3.8, 4) is 5.75 Å². The lowest BCUT2D eigenvalue weighted by molar-refractivity contribution is -0.132. The SMILES string of the molecule is COc1ccc(C(=O)CCC(=O)N2CCCC(c3ccncn3)C2)cc1. The molecule has 1 saturated heterocycles. The van der Waals surface area contributed by atoms with E-state index in [0.29, 0.717) is 17.9 Å². The summed E-state index contributed by atoms with van der Waals surface area (Å²) in [4.78, 5) is 34.9. The highest BCUT2D eigenvalue weighted by Crippen LogP contribution is 2.25. The molecular formula is C20H23N3O3. The molecule has 1 unspecified atom stereocenters. The number of amides is 1. The van der Waals surface area contributed by atoms with Gasteiger partial charge in [0, 0.05) is 49.3 Å². The standard InChI is InChI=1S/C20H23N3O3/c1-26-17-6-4-15(5-7-17)19(24)8-9-20(25)23-12-2-3-16(13-23)18-10-11-21-14-22-18/h4-7,10-11,14,16H,2-3,8-9,12-13H2,1H3. The smallest absolute Gasteiger partial charge is 0.223 e. The normalized spacial score (nSPS) is 17.0. The molecule has 6 nitrogen and oxygen atoms in total. The number of carbonyl (C=O) groups is 2. The number of hydrogen-bond donors (Lipinski definition) is 0. The first-order chi connectivity index (χ1) is 12.7. The van der Waals surface area contributed by atoms with Crippen LogP contribution in [0.3, 0.4) is 0 Å². The fraction of sp³-hybridized carbons (Fsp3) is 0.400. The summed E-state index contributed by atoms with van der Waals surface area (Å²) in [5, 5.41) is 0. The number of methoxy groups -OCH3 is 1. The minimum atomic E-state index is -0.0228. The van der Waals surface area contributed by atoms with E-state index in [0.717, 1.165) is 25.1 Å². The summed E-state index contributed by atoms with van der Waals surface area (Å²) in [6.07, 6.45) is 5.71. The van der Waals surface area contributed by atoms with Gasteiger partial charge in [-0.3, -0.25) is 9.59 Å². The number of piperidine rings is 1. The lowest BCUT2D eigenvalue weighted by Crippen LogP contribution is -2.39. The molecule has 0 N–H and O–H groups in total. The van der Waals surface area contributed by atoms with Crippen molar-refractivity contribution in [2.45, 2.75) is 31.6 Å². The van der Waals surface area contributed by atoms with Gasteiger partial charge in [-0.2, -0.15) is 0 Å². The Kier molecular flexibility index (Phi) is 5.94. The molecule has 0 saturated carbocycles. The highest BCUT2D eigenvalue weighted by atomic mass is 16.5. The predicted molar refractivity (Wildman–Crippen MR) is 97.1 cm³/mol. The van der Waals surface area contributed by atoms with Gasteiger partial charge in [0.05, 0.1) is 7.11 Å². The van der Waals surface area contributed by atoms with E-state index in [9.17, 15) is 9.59 Å². The Morgan fingerprint density at radius 1 is 1.19 bits per heavy atom. The maximum Gasteiger partial charge on any atom is 0.223 e. The Balaban J connectivity index is 1.53. The molecule has 6 heteroatoms. The quantitative estimate of drug-likeness (QED) is 0.747. The van der Waals surface area contributed by atoms with Crippen LogP contribution in [-0.4, -0.2) is 46.8 Å². The monoisotopic (exact) mass is 353 g/mol. The summed E-state index contributed by atoms with van der Waals surface area (Å²) in [5.41, 5.74) is 1.59. The molecule has 1 aliphatic rings. The Morgan fingerprint density at radius 3 is 2.69 bits per heavy atom. The van der Waals surface area contributed by atoms with Gasteiger partial charge in [0.2, 0.25) is 5.91 Å². The molecule has 1 atom stereocenters. The molecule has 1 aromatic carbocycles. The molecule has 1 aliphatic heterocycles. The number of Topliss-reactive ketones (excluding diaryl/α,β-unsaturated/α-hetero) is 1. The summed E-state index contributed by atoms with van der Waals surface area (Å²) in [6.45, 7) is 1.41. The van der Waals surface area contributed by atoms with Crippen LogP contribution in [0, 0.1) is 0 Å². The molecule has 0 radical (unpaired) electrons. The Morgan fingerprint density at radius 2 is 2.00 bits per heavy atom. The number of carbonyl (C=O) groups excluding carboxylic acids is 2. The Labute approximate surface area is 153 Å². The summed E-state index contributed by atoms with van der Waals surface area (Å²) < 4.78 is 5.09. The number of hydrogen-bond acceptors (Lipinski definition) is 5. The number of rotatable bonds is 6. The molecule has 136 valence electrons. The average Bonchev–Trinajstić information content (AvgIpc) is 2.72. The van der Waals surface area contributed by atoms with Crippen molar-refractivity contribution in [2.24, 2.45) is 0 Å². The molecule has 0 aliphatic carbocycles. The molecule has 3 rings (SSSR count). The van der Waals surface area contributed by atoms with Crippen LogP contribution in [-0.2, 0) is 4.79 Å². The number of benzene rings is 1. The van der Waals surface area contributed by atoms with Gasteiger partial charge < -0.3 is 9.64 Å². The van der Waals surface area contributed by atoms with Crippen LogP contribution in [0.2, 0.25) is 0 Å². The van der Waals surface area contributed by atoms with Gasteiger partial charge >= 0.3 is 0 Å². The summed E-state index contributed by atoms with van der Waals surface area (Å²) in [6, 6.07) is 8.89. The van der Waals surface area contributed by atoms with E-state index in [1.54, 1.807) is 43.9 Å². The number of ketones is 1. The third-order valence-corrected chi connectivity index (χ3v) is 4.78. The first-order valence-corrected chi connectivity index (χ1v) is 8.88. The third-order valence-electron chi connectivity index (χ3n) is 4.78. The van der Waals surface area contributed by atoms with Crippen LogP contribution < -0.4 is 4.74 Å². The van der Waals surface area contributed by atoms with E-state index in [1.165, 1.54) is 0 Å². The van der Waals surface area contributed by atoms with Gasteiger partial charge in [0.15, 0.2) is 5.78 Å². The number of likely N-dealkylation sites (tertiary alicyclic amines) is 1. The lowest BCUT2D eigenvalue weighted by Gasteiger charge is -2.32. The molecular weight excluding hydrogens is 330 g/mol. The largest absolute Gasteiger partial charge is 0.497 e. The molecule has 2 heterocycles. The number of nitrogens with zero attached hydrogens (tertiary/aromatic N) is 3. The Bertz CT molecular complexity index is 747. The van der Waals surface area contributed by atoms with Crippen molar-refractivity contribution in [3.63, 3.8) is 0 Å². The second-order valence-electron chi connectivity index (χ2n) is 6.46. The van der Waals surface area contributed by atoms with Crippen molar-refractivity contribution in [1.29, 1.82) is 0 Å². The van der Waals surface area contributed by atoms with Gasteiger partial charge in [-0.05, 0) is 43.2 Å². The minimum Gasteiger partial charge on any atom is -0.497 e. The third kappa shape index (κ3) is 4.45. The van der Waals surface area contributed by atoms with Gasteiger partial charge in [-0.25, -0.2) is 9.97 Å². The molecule has 1 aromatic heterocycles. The van der Waals surface area contributed by atoms with E-state index < -0.39 is 0 Å². The fourth-order valence-corrected chi connectivity index (χ4v) is 3.29. The van der Waals surface area contributed by atoms with Crippen LogP contribution in [0.1, 0.15) is 47.7 Å². The first kappa shape index (κ1) is 18.0. The zero-order chi connectivity index (χ0) is 18.4. The van der Waals surface area contributed by atoms with Gasteiger partial charge in [-0.15, -0.1) is 0 Å². The molecule has 26 heavy (non-hydrogen) atoms. The topological polar surface area (TPSA) is 72.4 Å².